The fourth-order valence-electron chi connectivity index (χ4n) is 0.906. The van der Waals surface area contributed by atoms with Crippen molar-refractivity contribution in [3.8, 4) is 0 Å². The molecule has 0 atom stereocenters. The van der Waals surface area contributed by atoms with Crippen molar-refractivity contribution in [1.82, 2.24) is 0 Å². The van der Waals surface area contributed by atoms with Crippen LogP contribution in [0.5, 0.6) is 0 Å². The maximum atomic E-state index is 11.3. The Morgan fingerprint density at radius 2 is 2.00 bits per heavy atom. The summed E-state index contributed by atoms with van der Waals surface area (Å²) in [7, 11) is -0.742. The average Bonchev–Trinajstić information content (AvgIpc) is 1.82. The van der Waals surface area contributed by atoms with Crippen molar-refractivity contribution in [2.75, 3.05) is 26.6 Å². The molecule has 0 saturated heterocycles. The maximum absolute atomic E-state index is 11.3. The van der Waals surface area contributed by atoms with E-state index >= 15 is 0 Å². The number of rotatable bonds is 3. The third kappa shape index (κ3) is 6.17. The van der Waals surface area contributed by atoms with Crippen molar-refractivity contribution in [2.24, 2.45) is 0 Å². The van der Waals surface area contributed by atoms with Gasteiger partial charge in [-0.2, -0.15) is 0 Å². The molecule has 0 aromatic rings. The lowest BCUT2D eigenvalue weighted by Gasteiger charge is -2.05. The van der Waals surface area contributed by atoms with Gasteiger partial charge in [0.15, 0.2) is 0 Å². The van der Waals surface area contributed by atoms with Gasteiger partial charge in [0, 0.05) is 12.2 Å². The number of carbonyl (C=O) groups excluding carboxylic acids is 1. The first kappa shape index (κ1) is 11.4. The molecule has 0 aromatic carbocycles. The van der Waals surface area contributed by atoms with E-state index in [0.717, 1.165) is 5.57 Å². The Bertz CT molecular complexity index is 237. The highest BCUT2D eigenvalue weighted by molar-refractivity contribution is 7.62. The van der Waals surface area contributed by atoms with Gasteiger partial charge in [-0.25, -0.2) is 4.79 Å². The first-order valence-corrected chi connectivity index (χ1v) is 6.43. The van der Waals surface area contributed by atoms with Crippen LogP contribution in [0.4, 0.5) is 0 Å². The van der Waals surface area contributed by atoms with E-state index in [2.05, 4.69) is 4.74 Å². The molecule has 0 unspecified atom stereocenters. The first-order chi connectivity index (χ1) is 5.35. The van der Waals surface area contributed by atoms with Crippen molar-refractivity contribution in [3.63, 3.8) is 0 Å². The zero-order valence-electron chi connectivity index (χ0n) is 7.96. The largest absolute Gasteiger partial charge is 0.466 e. The van der Waals surface area contributed by atoms with Crippen LogP contribution in [-0.2, 0) is 14.1 Å². The average molecular weight is 190 g/mol. The van der Waals surface area contributed by atoms with Crippen LogP contribution in [0.1, 0.15) is 6.92 Å². The molecule has 0 aliphatic heterocycles. The molecule has 0 heterocycles. The Balaban J connectivity index is 4.22. The van der Waals surface area contributed by atoms with Gasteiger partial charge in [0.1, 0.15) is 0 Å². The molecule has 0 amide bonds. The minimum Gasteiger partial charge on any atom is -0.466 e. The molecule has 0 N–H and O–H groups in total. The SMILES string of the molecule is COC(=O)/C=C(\C)CP(C)(C)=O. The summed E-state index contributed by atoms with van der Waals surface area (Å²) in [6.07, 6.45) is 1.85. The lowest BCUT2D eigenvalue weighted by molar-refractivity contribution is -0.134. The van der Waals surface area contributed by atoms with Crippen LogP contribution < -0.4 is 0 Å². The summed E-state index contributed by atoms with van der Waals surface area (Å²) in [6, 6.07) is 0. The summed E-state index contributed by atoms with van der Waals surface area (Å²) in [6.45, 7) is 5.17. The molecule has 0 rings (SSSR count). The van der Waals surface area contributed by atoms with E-state index in [-0.39, 0.29) is 5.97 Å². The van der Waals surface area contributed by atoms with E-state index in [1.54, 1.807) is 20.3 Å². The van der Waals surface area contributed by atoms with Crippen LogP contribution >= 0.6 is 7.14 Å². The lowest BCUT2D eigenvalue weighted by atomic mass is 10.3. The second kappa shape index (κ2) is 4.46. The molecule has 0 bridgehead atoms. The van der Waals surface area contributed by atoms with E-state index < -0.39 is 7.14 Å². The van der Waals surface area contributed by atoms with E-state index in [9.17, 15) is 9.36 Å². The summed E-state index contributed by atoms with van der Waals surface area (Å²) in [5.41, 5.74) is 0.801. The molecular weight excluding hydrogens is 175 g/mol. The monoisotopic (exact) mass is 190 g/mol. The minimum atomic E-state index is -2.06. The second-order valence-corrected chi connectivity index (χ2v) is 6.71. The van der Waals surface area contributed by atoms with Crippen LogP contribution in [-0.4, -0.2) is 32.6 Å². The predicted molar refractivity (Wildman–Crippen MR) is 50.1 cm³/mol. The Morgan fingerprint density at radius 3 is 2.33 bits per heavy atom. The molecule has 4 heteroatoms. The third-order valence-electron chi connectivity index (χ3n) is 1.20. The molecule has 0 saturated carbocycles. The highest BCUT2D eigenvalue weighted by Gasteiger charge is 2.08. The smallest absolute Gasteiger partial charge is 0.330 e. The van der Waals surface area contributed by atoms with Crippen molar-refractivity contribution in [1.29, 1.82) is 0 Å². The van der Waals surface area contributed by atoms with Crippen molar-refractivity contribution in [3.05, 3.63) is 11.6 Å². The fraction of sp³-hybridized carbons (Fsp3) is 0.625. The van der Waals surface area contributed by atoms with E-state index in [4.69, 9.17) is 0 Å². The Kier molecular flexibility index (Phi) is 4.25. The number of carbonyl (C=O) groups is 1. The van der Waals surface area contributed by atoms with Gasteiger partial charge in [0.2, 0.25) is 0 Å². The summed E-state index contributed by atoms with van der Waals surface area (Å²) < 4.78 is 15.7. The van der Waals surface area contributed by atoms with Crippen LogP contribution in [0, 0.1) is 0 Å². The van der Waals surface area contributed by atoms with Gasteiger partial charge >= 0.3 is 5.97 Å². The molecule has 0 aliphatic rings. The van der Waals surface area contributed by atoms with Gasteiger partial charge in [-0.1, -0.05) is 5.57 Å². The van der Waals surface area contributed by atoms with E-state index in [1.807, 2.05) is 0 Å². The highest BCUT2D eigenvalue weighted by Crippen LogP contribution is 2.37. The second-order valence-electron chi connectivity index (χ2n) is 3.25. The molecule has 0 spiro atoms. The Hall–Kier alpha value is -0.560. The molecule has 3 nitrogen and oxygen atoms in total. The molecule has 12 heavy (non-hydrogen) atoms. The number of hydrogen-bond donors (Lipinski definition) is 0. The number of esters is 1. The maximum Gasteiger partial charge on any atom is 0.330 e. The van der Waals surface area contributed by atoms with Gasteiger partial charge in [-0.15, -0.1) is 0 Å². The van der Waals surface area contributed by atoms with E-state index in [0.29, 0.717) is 6.16 Å². The normalized spacial score (nSPS) is 12.8. The Morgan fingerprint density at radius 1 is 1.50 bits per heavy atom. The molecule has 0 radical (unpaired) electrons. The van der Waals surface area contributed by atoms with Crippen LogP contribution in [0.15, 0.2) is 11.6 Å². The predicted octanol–water partition coefficient (Wildman–Crippen LogP) is 1.73. The number of methoxy groups -OCH3 is 1. The zero-order chi connectivity index (χ0) is 9.78. The summed E-state index contributed by atoms with van der Waals surface area (Å²) >= 11 is 0. The van der Waals surface area contributed by atoms with Crippen molar-refractivity contribution >= 4 is 13.1 Å². The number of ether oxygens (including phenoxy) is 1. The minimum absolute atomic E-state index is 0.388. The van der Waals surface area contributed by atoms with Gasteiger partial charge in [-0.3, -0.25) is 0 Å². The molecule has 0 aliphatic carbocycles. The summed E-state index contributed by atoms with van der Waals surface area (Å²) in [4.78, 5) is 10.7. The topological polar surface area (TPSA) is 43.4 Å². The molecule has 0 aromatic heterocycles. The van der Waals surface area contributed by atoms with Gasteiger partial charge in [0.05, 0.1) is 14.3 Å². The number of allylic oxidation sites excluding steroid dienone is 1. The fourth-order valence-corrected chi connectivity index (χ4v) is 2.20. The first-order valence-electron chi connectivity index (χ1n) is 3.64. The van der Waals surface area contributed by atoms with Gasteiger partial charge < -0.3 is 9.30 Å². The number of hydrogen-bond acceptors (Lipinski definition) is 3. The van der Waals surface area contributed by atoms with Crippen LogP contribution in [0.2, 0.25) is 0 Å². The third-order valence-corrected chi connectivity index (χ3v) is 2.46. The lowest BCUT2D eigenvalue weighted by Crippen LogP contribution is -1.98. The van der Waals surface area contributed by atoms with Gasteiger partial charge in [0.25, 0.3) is 0 Å². The van der Waals surface area contributed by atoms with E-state index in [1.165, 1.54) is 13.2 Å². The van der Waals surface area contributed by atoms with Crippen molar-refractivity contribution < 1.29 is 14.1 Å². The Labute approximate surface area is 73.2 Å². The molecular formula is C8H15O3P. The molecule has 0 fully saturated rings. The summed E-state index contributed by atoms with van der Waals surface area (Å²) in [5, 5.41) is 0. The highest BCUT2D eigenvalue weighted by atomic mass is 31.2. The van der Waals surface area contributed by atoms with Gasteiger partial charge in [-0.05, 0) is 20.3 Å². The van der Waals surface area contributed by atoms with Crippen LogP contribution in [0.3, 0.4) is 0 Å². The van der Waals surface area contributed by atoms with Crippen LogP contribution in [0.25, 0.3) is 0 Å². The zero-order valence-corrected chi connectivity index (χ0v) is 8.85. The van der Waals surface area contributed by atoms with Crippen molar-refractivity contribution in [2.45, 2.75) is 6.92 Å². The quantitative estimate of drug-likeness (QED) is 0.386. The summed E-state index contributed by atoms with van der Waals surface area (Å²) in [5.74, 6) is -0.388. The molecule has 70 valence electrons. The standard InChI is InChI=1S/C8H15O3P/c1-7(5-8(9)11-2)6-12(3,4)10/h5H,6H2,1-4H3/b7-5+.